The molecule has 1 saturated heterocycles. The van der Waals surface area contributed by atoms with Crippen molar-refractivity contribution in [2.45, 2.75) is 70.6 Å². The second kappa shape index (κ2) is 10.8. The van der Waals surface area contributed by atoms with Gasteiger partial charge in [0.15, 0.2) is 0 Å². The maximum absolute atomic E-state index is 11.8. The minimum atomic E-state index is 0.393. The van der Waals surface area contributed by atoms with E-state index < -0.39 is 0 Å². The van der Waals surface area contributed by atoms with E-state index in [-0.39, 0.29) is 0 Å². The Balaban J connectivity index is 1.94. The van der Waals surface area contributed by atoms with Crippen LogP contribution in [0.15, 0.2) is 0 Å². The quantitative estimate of drug-likeness (QED) is 0.452. The van der Waals surface area contributed by atoms with Crippen LogP contribution in [0, 0.1) is 0 Å². The third-order valence-corrected chi connectivity index (χ3v) is 4.29. The number of halogens is 1. The second-order valence-electron chi connectivity index (χ2n) is 5.36. The summed E-state index contributed by atoms with van der Waals surface area (Å²) in [6.07, 6.45) is 13.5. The molecule has 1 amide bonds. The van der Waals surface area contributed by atoms with Gasteiger partial charge in [0, 0.05) is 24.8 Å². The minimum absolute atomic E-state index is 0.393. The van der Waals surface area contributed by atoms with Gasteiger partial charge in [0.25, 0.3) is 0 Å². The molecule has 18 heavy (non-hydrogen) atoms. The Kier molecular flexibility index (Phi) is 9.63. The van der Waals surface area contributed by atoms with E-state index >= 15 is 0 Å². The molecule has 106 valence electrons. The lowest BCUT2D eigenvalue weighted by Gasteiger charge is -2.20. The zero-order valence-corrected chi connectivity index (χ0v) is 13.2. The summed E-state index contributed by atoms with van der Waals surface area (Å²) in [5.74, 6) is 0.393. The van der Waals surface area contributed by atoms with Gasteiger partial charge in [-0.1, -0.05) is 54.5 Å². The summed E-state index contributed by atoms with van der Waals surface area (Å²) >= 11 is 3.46. The molecule has 1 aliphatic heterocycles. The Morgan fingerprint density at radius 2 is 1.56 bits per heavy atom. The van der Waals surface area contributed by atoms with Gasteiger partial charge in [-0.2, -0.15) is 0 Å². The van der Waals surface area contributed by atoms with Crippen LogP contribution in [-0.4, -0.2) is 29.2 Å². The van der Waals surface area contributed by atoms with Crippen molar-refractivity contribution in [2.75, 3.05) is 18.4 Å². The van der Waals surface area contributed by atoms with Crippen molar-refractivity contribution in [1.82, 2.24) is 4.90 Å². The summed E-state index contributed by atoms with van der Waals surface area (Å²) in [6.45, 7) is 2.00. The molecule has 0 N–H and O–H groups in total. The van der Waals surface area contributed by atoms with E-state index in [0.717, 1.165) is 31.3 Å². The lowest BCUT2D eigenvalue weighted by Crippen LogP contribution is -2.31. The number of likely N-dealkylation sites (tertiary alicyclic amines) is 1. The predicted octanol–water partition coefficient (Wildman–Crippen LogP) is 4.51. The van der Waals surface area contributed by atoms with Crippen molar-refractivity contribution in [1.29, 1.82) is 0 Å². The largest absolute Gasteiger partial charge is 0.343 e. The summed E-state index contributed by atoms with van der Waals surface area (Å²) in [5, 5.41) is 1.14. The molecule has 3 heteroatoms. The molecule has 0 aromatic heterocycles. The van der Waals surface area contributed by atoms with Crippen LogP contribution in [-0.2, 0) is 4.79 Å². The molecule has 1 rings (SSSR count). The Morgan fingerprint density at radius 3 is 2.28 bits per heavy atom. The first-order valence-corrected chi connectivity index (χ1v) is 8.80. The van der Waals surface area contributed by atoms with E-state index in [1.54, 1.807) is 0 Å². The average Bonchev–Trinajstić information content (AvgIpc) is 2.58. The molecular weight excluding hydrogens is 290 g/mol. The van der Waals surface area contributed by atoms with Crippen LogP contribution < -0.4 is 0 Å². The molecule has 0 unspecified atom stereocenters. The van der Waals surface area contributed by atoms with Crippen molar-refractivity contribution in [3.8, 4) is 0 Å². The standard InChI is InChI=1S/C15H28BrNO/c16-12-8-4-2-1-3-5-9-13-17-14-10-6-7-11-15(17)18/h1-14H2. The first kappa shape index (κ1) is 16.0. The summed E-state index contributed by atoms with van der Waals surface area (Å²) < 4.78 is 0. The van der Waals surface area contributed by atoms with Gasteiger partial charge in [0.05, 0.1) is 0 Å². The van der Waals surface area contributed by atoms with E-state index in [4.69, 9.17) is 0 Å². The number of hydrogen-bond acceptors (Lipinski definition) is 1. The molecular formula is C15H28BrNO. The van der Waals surface area contributed by atoms with Gasteiger partial charge >= 0.3 is 0 Å². The highest BCUT2D eigenvalue weighted by Crippen LogP contribution is 2.13. The van der Waals surface area contributed by atoms with Crippen LogP contribution in [0.5, 0.6) is 0 Å². The highest BCUT2D eigenvalue weighted by Gasteiger charge is 2.15. The number of carbonyl (C=O) groups excluding carboxylic acids is 1. The highest BCUT2D eigenvalue weighted by atomic mass is 79.9. The van der Waals surface area contributed by atoms with E-state index in [0.29, 0.717) is 5.91 Å². The number of hydrogen-bond donors (Lipinski definition) is 0. The first-order chi connectivity index (χ1) is 8.84. The lowest BCUT2D eigenvalue weighted by atomic mass is 10.1. The molecule has 1 heterocycles. The van der Waals surface area contributed by atoms with Crippen molar-refractivity contribution in [3.05, 3.63) is 0 Å². The molecule has 1 aliphatic rings. The predicted molar refractivity (Wildman–Crippen MR) is 81.2 cm³/mol. The van der Waals surface area contributed by atoms with Crippen LogP contribution in [0.1, 0.15) is 70.6 Å². The van der Waals surface area contributed by atoms with E-state index in [9.17, 15) is 4.79 Å². The van der Waals surface area contributed by atoms with Crippen LogP contribution in [0.3, 0.4) is 0 Å². The van der Waals surface area contributed by atoms with Crippen molar-refractivity contribution in [2.24, 2.45) is 0 Å². The van der Waals surface area contributed by atoms with Crippen molar-refractivity contribution < 1.29 is 4.79 Å². The minimum Gasteiger partial charge on any atom is -0.343 e. The Hall–Kier alpha value is -0.0500. The third-order valence-electron chi connectivity index (χ3n) is 3.73. The molecule has 0 atom stereocenters. The van der Waals surface area contributed by atoms with Crippen molar-refractivity contribution in [3.63, 3.8) is 0 Å². The molecule has 0 aromatic rings. The fraction of sp³-hybridized carbons (Fsp3) is 0.933. The lowest BCUT2D eigenvalue weighted by molar-refractivity contribution is -0.130. The Morgan fingerprint density at radius 1 is 0.889 bits per heavy atom. The van der Waals surface area contributed by atoms with Gasteiger partial charge in [0.1, 0.15) is 0 Å². The molecule has 0 spiro atoms. The monoisotopic (exact) mass is 317 g/mol. The van der Waals surface area contributed by atoms with Gasteiger partial charge in [-0.05, 0) is 25.7 Å². The van der Waals surface area contributed by atoms with Gasteiger partial charge in [0.2, 0.25) is 5.91 Å². The Labute approximate surface area is 121 Å². The summed E-state index contributed by atoms with van der Waals surface area (Å²) in [4.78, 5) is 13.9. The smallest absolute Gasteiger partial charge is 0.222 e. The zero-order valence-electron chi connectivity index (χ0n) is 11.6. The van der Waals surface area contributed by atoms with Crippen LogP contribution >= 0.6 is 15.9 Å². The normalized spacial score (nSPS) is 16.9. The molecule has 2 nitrogen and oxygen atoms in total. The van der Waals surface area contributed by atoms with Gasteiger partial charge < -0.3 is 4.90 Å². The topological polar surface area (TPSA) is 20.3 Å². The fourth-order valence-electron chi connectivity index (χ4n) is 2.56. The van der Waals surface area contributed by atoms with E-state index in [1.165, 1.54) is 57.8 Å². The molecule has 0 aliphatic carbocycles. The Bertz CT molecular complexity index is 221. The summed E-state index contributed by atoms with van der Waals surface area (Å²) in [5.41, 5.74) is 0. The molecule has 0 radical (unpaired) electrons. The zero-order chi connectivity index (χ0) is 13.1. The second-order valence-corrected chi connectivity index (χ2v) is 6.15. The third kappa shape index (κ3) is 7.40. The van der Waals surface area contributed by atoms with Crippen LogP contribution in [0.4, 0.5) is 0 Å². The SMILES string of the molecule is O=C1CCCCCN1CCCCCCCCCBr. The molecule has 0 saturated carbocycles. The number of nitrogens with zero attached hydrogens (tertiary/aromatic N) is 1. The highest BCUT2D eigenvalue weighted by molar-refractivity contribution is 9.09. The summed E-state index contributed by atoms with van der Waals surface area (Å²) in [7, 11) is 0. The number of amides is 1. The molecule has 1 fully saturated rings. The number of rotatable bonds is 9. The first-order valence-electron chi connectivity index (χ1n) is 7.68. The molecule has 0 aromatic carbocycles. The summed E-state index contributed by atoms with van der Waals surface area (Å²) in [6, 6.07) is 0. The van der Waals surface area contributed by atoms with E-state index in [2.05, 4.69) is 20.8 Å². The van der Waals surface area contributed by atoms with E-state index in [1.807, 2.05) is 0 Å². The van der Waals surface area contributed by atoms with Crippen LogP contribution in [0.2, 0.25) is 0 Å². The van der Waals surface area contributed by atoms with Gasteiger partial charge in [-0.15, -0.1) is 0 Å². The van der Waals surface area contributed by atoms with Gasteiger partial charge in [-0.3, -0.25) is 4.79 Å². The van der Waals surface area contributed by atoms with Crippen molar-refractivity contribution >= 4 is 21.8 Å². The number of carbonyl (C=O) groups is 1. The molecule has 0 bridgehead atoms. The van der Waals surface area contributed by atoms with Crippen LogP contribution in [0.25, 0.3) is 0 Å². The maximum Gasteiger partial charge on any atom is 0.222 e. The van der Waals surface area contributed by atoms with Gasteiger partial charge in [-0.25, -0.2) is 0 Å². The fourth-order valence-corrected chi connectivity index (χ4v) is 2.95. The number of unbranched alkanes of at least 4 members (excludes halogenated alkanes) is 6. The average molecular weight is 318 g/mol. The number of alkyl halides is 1. The maximum atomic E-state index is 11.8.